The van der Waals surface area contributed by atoms with Crippen molar-refractivity contribution < 1.29 is 9.47 Å². The van der Waals surface area contributed by atoms with Gasteiger partial charge in [-0.15, -0.1) is 0 Å². The molecule has 3 rings (SSSR count). The lowest BCUT2D eigenvalue weighted by molar-refractivity contribution is -0.0307. The Kier molecular flexibility index (Phi) is 4.16. The van der Waals surface area contributed by atoms with Crippen molar-refractivity contribution in [1.29, 1.82) is 0 Å². The molecule has 2 aliphatic rings. The lowest BCUT2D eigenvalue weighted by atomic mass is 9.98. The summed E-state index contributed by atoms with van der Waals surface area (Å²) in [4.78, 5) is 0. The zero-order valence-corrected chi connectivity index (χ0v) is 12.4. The maximum Gasteiger partial charge on any atom is 0.119 e. The van der Waals surface area contributed by atoms with E-state index in [-0.39, 0.29) is 5.60 Å². The molecule has 1 saturated carbocycles. The predicted octanol–water partition coefficient (Wildman–Crippen LogP) is 3.99. The number of hydrogen-bond acceptors (Lipinski definition) is 3. The fourth-order valence-electron chi connectivity index (χ4n) is 3.49. The van der Waals surface area contributed by atoms with Crippen LogP contribution in [0.25, 0.3) is 0 Å². The van der Waals surface area contributed by atoms with E-state index in [1.165, 1.54) is 38.5 Å². The summed E-state index contributed by atoms with van der Waals surface area (Å²) in [6.45, 7) is 3.63. The summed E-state index contributed by atoms with van der Waals surface area (Å²) >= 11 is 0. The average Bonchev–Trinajstić information content (AvgIpc) is 3.09. The highest BCUT2D eigenvalue weighted by Crippen LogP contribution is 2.43. The molecule has 2 fully saturated rings. The summed E-state index contributed by atoms with van der Waals surface area (Å²) in [5.74, 6) is 0.931. The molecule has 3 heteroatoms. The van der Waals surface area contributed by atoms with E-state index in [1.807, 2.05) is 19.1 Å². The third-order valence-corrected chi connectivity index (χ3v) is 4.55. The molecule has 1 aliphatic carbocycles. The van der Waals surface area contributed by atoms with E-state index in [0.29, 0.717) is 12.7 Å². The largest absolute Gasteiger partial charge is 0.494 e. The number of ether oxygens (including phenoxy) is 2. The van der Waals surface area contributed by atoms with Crippen LogP contribution in [0.3, 0.4) is 0 Å². The van der Waals surface area contributed by atoms with Crippen molar-refractivity contribution in [3.63, 3.8) is 0 Å². The Morgan fingerprint density at radius 1 is 1.20 bits per heavy atom. The molecule has 1 unspecified atom stereocenters. The normalized spacial score (nSPS) is 24.1. The van der Waals surface area contributed by atoms with Gasteiger partial charge in [0.15, 0.2) is 0 Å². The van der Waals surface area contributed by atoms with Crippen molar-refractivity contribution in [2.45, 2.75) is 57.2 Å². The fraction of sp³-hybridized carbons (Fsp3) is 0.647. The molecule has 0 aromatic heterocycles. The molecule has 0 bridgehead atoms. The molecule has 110 valence electrons. The van der Waals surface area contributed by atoms with E-state index < -0.39 is 0 Å². The van der Waals surface area contributed by atoms with Gasteiger partial charge in [-0.25, -0.2) is 0 Å². The summed E-state index contributed by atoms with van der Waals surface area (Å²) in [6, 6.07) is 8.18. The first-order valence-electron chi connectivity index (χ1n) is 7.94. The molecule has 1 saturated heterocycles. The highest BCUT2D eigenvalue weighted by atomic mass is 16.5. The molecule has 0 radical (unpaired) electrons. The van der Waals surface area contributed by atoms with Crippen LogP contribution >= 0.6 is 0 Å². The Bertz CT molecular complexity index is 423. The Hall–Kier alpha value is -1.22. The smallest absolute Gasteiger partial charge is 0.119 e. The van der Waals surface area contributed by atoms with Gasteiger partial charge in [-0.2, -0.15) is 0 Å². The van der Waals surface area contributed by atoms with Gasteiger partial charge >= 0.3 is 0 Å². The first-order chi connectivity index (χ1) is 9.80. The van der Waals surface area contributed by atoms with Gasteiger partial charge < -0.3 is 14.8 Å². The number of benzene rings is 1. The minimum absolute atomic E-state index is 0.241. The number of rotatable bonds is 5. The SMILES string of the molecule is CCOc1ccc(NCC2CCC3(CCCC3)O2)cc1. The quantitative estimate of drug-likeness (QED) is 0.881. The molecule has 1 spiro atoms. The summed E-state index contributed by atoms with van der Waals surface area (Å²) < 4.78 is 11.8. The molecule has 1 aromatic carbocycles. The fourth-order valence-corrected chi connectivity index (χ4v) is 3.49. The first kappa shape index (κ1) is 13.7. The lowest BCUT2D eigenvalue weighted by Gasteiger charge is -2.24. The molecule has 1 heterocycles. The number of nitrogens with one attached hydrogen (secondary N) is 1. The minimum atomic E-state index is 0.241. The third-order valence-electron chi connectivity index (χ3n) is 4.55. The Labute approximate surface area is 121 Å². The van der Waals surface area contributed by atoms with Crippen molar-refractivity contribution in [3.05, 3.63) is 24.3 Å². The molecule has 1 aromatic rings. The van der Waals surface area contributed by atoms with Crippen molar-refractivity contribution in [2.75, 3.05) is 18.5 Å². The molecule has 3 nitrogen and oxygen atoms in total. The summed E-state index contributed by atoms with van der Waals surface area (Å²) in [5.41, 5.74) is 1.38. The van der Waals surface area contributed by atoms with Crippen molar-refractivity contribution in [3.8, 4) is 5.75 Å². The summed E-state index contributed by atoms with van der Waals surface area (Å²) in [7, 11) is 0. The predicted molar refractivity (Wildman–Crippen MR) is 81.4 cm³/mol. The second-order valence-corrected chi connectivity index (χ2v) is 6.01. The van der Waals surface area contributed by atoms with Gasteiger partial charge in [0.25, 0.3) is 0 Å². The molecule has 1 N–H and O–H groups in total. The van der Waals surface area contributed by atoms with E-state index in [2.05, 4.69) is 17.4 Å². The van der Waals surface area contributed by atoms with Crippen LogP contribution in [-0.4, -0.2) is 24.9 Å². The Morgan fingerprint density at radius 2 is 1.95 bits per heavy atom. The summed E-state index contributed by atoms with van der Waals surface area (Å²) in [6.07, 6.45) is 8.06. The maximum absolute atomic E-state index is 6.31. The van der Waals surface area contributed by atoms with Gasteiger partial charge in [0.2, 0.25) is 0 Å². The first-order valence-corrected chi connectivity index (χ1v) is 7.94. The number of anilines is 1. The number of hydrogen-bond donors (Lipinski definition) is 1. The zero-order valence-electron chi connectivity index (χ0n) is 12.4. The van der Waals surface area contributed by atoms with Crippen LogP contribution in [0, 0.1) is 0 Å². The second-order valence-electron chi connectivity index (χ2n) is 6.01. The van der Waals surface area contributed by atoms with Crippen LogP contribution in [0.4, 0.5) is 5.69 Å². The molecule has 20 heavy (non-hydrogen) atoms. The minimum Gasteiger partial charge on any atom is -0.494 e. The van der Waals surface area contributed by atoms with Crippen LogP contribution in [-0.2, 0) is 4.74 Å². The monoisotopic (exact) mass is 275 g/mol. The highest BCUT2D eigenvalue weighted by Gasteiger charge is 2.41. The van der Waals surface area contributed by atoms with Gasteiger partial charge in [0.1, 0.15) is 5.75 Å². The molecule has 1 aliphatic heterocycles. The van der Waals surface area contributed by atoms with Crippen LogP contribution < -0.4 is 10.1 Å². The Balaban J connectivity index is 1.47. The van der Waals surface area contributed by atoms with E-state index in [1.54, 1.807) is 0 Å². The second kappa shape index (κ2) is 6.04. The maximum atomic E-state index is 6.31. The lowest BCUT2D eigenvalue weighted by Crippen LogP contribution is -2.27. The van der Waals surface area contributed by atoms with Crippen molar-refractivity contribution in [1.82, 2.24) is 0 Å². The van der Waals surface area contributed by atoms with Crippen LogP contribution in [0.5, 0.6) is 5.75 Å². The van der Waals surface area contributed by atoms with Gasteiger partial charge in [-0.05, 0) is 56.9 Å². The average molecular weight is 275 g/mol. The van der Waals surface area contributed by atoms with E-state index in [9.17, 15) is 0 Å². The van der Waals surface area contributed by atoms with Gasteiger partial charge in [0, 0.05) is 12.2 Å². The van der Waals surface area contributed by atoms with Gasteiger partial charge in [-0.1, -0.05) is 12.8 Å². The van der Waals surface area contributed by atoms with E-state index in [0.717, 1.165) is 18.0 Å². The topological polar surface area (TPSA) is 30.5 Å². The Morgan fingerprint density at radius 3 is 2.65 bits per heavy atom. The van der Waals surface area contributed by atoms with Crippen molar-refractivity contribution in [2.24, 2.45) is 0 Å². The molecule has 1 atom stereocenters. The van der Waals surface area contributed by atoms with E-state index >= 15 is 0 Å². The zero-order chi connectivity index (χ0) is 13.8. The molecule has 0 amide bonds. The van der Waals surface area contributed by atoms with Crippen LogP contribution in [0.2, 0.25) is 0 Å². The van der Waals surface area contributed by atoms with Crippen LogP contribution in [0.1, 0.15) is 45.4 Å². The van der Waals surface area contributed by atoms with Gasteiger partial charge in [0.05, 0.1) is 18.3 Å². The summed E-state index contributed by atoms with van der Waals surface area (Å²) in [5, 5.41) is 3.48. The molecular formula is C17H25NO2. The molecular weight excluding hydrogens is 250 g/mol. The van der Waals surface area contributed by atoms with Crippen molar-refractivity contribution >= 4 is 5.69 Å². The highest BCUT2D eigenvalue weighted by molar-refractivity contribution is 5.46. The van der Waals surface area contributed by atoms with E-state index in [4.69, 9.17) is 9.47 Å². The van der Waals surface area contributed by atoms with Crippen LogP contribution in [0.15, 0.2) is 24.3 Å². The standard InChI is InChI=1S/C17H25NO2/c1-2-19-15-7-5-14(6-8-15)18-13-16-9-12-17(20-16)10-3-4-11-17/h5-8,16,18H,2-4,9-13H2,1H3. The van der Waals surface area contributed by atoms with Gasteiger partial charge in [-0.3, -0.25) is 0 Å². The third kappa shape index (κ3) is 3.09.